The molecule has 0 fully saturated rings. The van der Waals surface area contributed by atoms with Crippen molar-refractivity contribution in [3.05, 3.63) is 48.5 Å². The van der Waals surface area contributed by atoms with Crippen molar-refractivity contribution in [2.75, 3.05) is 28.6 Å². The zero-order valence-electron chi connectivity index (χ0n) is 20.6. The van der Waals surface area contributed by atoms with Gasteiger partial charge in [0.1, 0.15) is 21.7 Å². The SMILES string of the molecule is C=Cc1ccc(Nc2nc(Nc3ccc(SOOO)cc3S(O)(O)O)nc(N(CC)CC)n2)cc1S(O)(O)O. The number of aromatic nitrogens is 3. The first-order valence-electron chi connectivity index (χ1n) is 11.0. The molecule has 0 unspecified atom stereocenters. The normalized spacial score (nSPS) is 12.6. The highest BCUT2D eigenvalue weighted by molar-refractivity contribution is 8.19. The smallest absolute Gasteiger partial charge is 0.233 e. The zero-order valence-corrected chi connectivity index (χ0v) is 23.1. The number of hydrogen-bond donors (Lipinski definition) is 9. The van der Waals surface area contributed by atoms with Gasteiger partial charge in [0.15, 0.2) is 0 Å². The maximum atomic E-state index is 9.98. The number of rotatable bonds is 13. The van der Waals surface area contributed by atoms with Crippen LogP contribution in [0.2, 0.25) is 0 Å². The van der Waals surface area contributed by atoms with Crippen molar-refractivity contribution in [2.45, 2.75) is 28.5 Å². The van der Waals surface area contributed by atoms with E-state index < -0.39 is 21.7 Å². The van der Waals surface area contributed by atoms with Gasteiger partial charge in [0.05, 0.1) is 27.5 Å². The maximum Gasteiger partial charge on any atom is 0.233 e. The summed E-state index contributed by atoms with van der Waals surface area (Å²) in [5.74, 6) is 0.246. The molecule has 0 spiro atoms. The zero-order chi connectivity index (χ0) is 28.8. The van der Waals surface area contributed by atoms with E-state index in [0.717, 1.165) is 0 Å². The molecule has 15 nitrogen and oxygen atoms in total. The van der Waals surface area contributed by atoms with E-state index in [1.54, 1.807) is 6.07 Å². The summed E-state index contributed by atoms with van der Waals surface area (Å²) in [4.78, 5) is 14.7. The van der Waals surface area contributed by atoms with Crippen molar-refractivity contribution in [1.82, 2.24) is 15.0 Å². The molecule has 0 saturated heterocycles. The molecule has 18 heteroatoms. The van der Waals surface area contributed by atoms with Gasteiger partial charge in [-0.3, -0.25) is 0 Å². The first-order valence-corrected chi connectivity index (χ1v) is 14.8. The van der Waals surface area contributed by atoms with E-state index in [9.17, 15) is 27.3 Å². The molecule has 0 aliphatic carbocycles. The van der Waals surface area contributed by atoms with Crippen LogP contribution in [0.1, 0.15) is 19.4 Å². The highest BCUT2D eigenvalue weighted by atomic mass is 32.3. The predicted molar refractivity (Wildman–Crippen MR) is 151 cm³/mol. The molecule has 0 aliphatic rings. The maximum absolute atomic E-state index is 9.98. The van der Waals surface area contributed by atoms with Crippen molar-refractivity contribution in [1.29, 1.82) is 0 Å². The summed E-state index contributed by atoms with van der Waals surface area (Å²) in [5.41, 5.74) is 0.671. The summed E-state index contributed by atoms with van der Waals surface area (Å²) in [6, 6.07) is 8.49. The van der Waals surface area contributed by atoms with Gasteiger partial charge >= 0.3 is 0 Å². The second kappa shape index (κ2) is 13.1. The van der Waals surface area contributed by atoms with Crippen LogP contribution in [0.3, 0.4) is 0 Å². The Balaban J connectivity index is 2.05. The Labute approximate surface area is 231 Å². The summed E-state index contributed by atoms with van der Waals surface area (Å²) in [6.07, 6.45) is 1.36. The average molecular weight is 605 g/mol. The van der Waals surface area contributed by atoms with Crippen molar-refractivity contribution in [2.24, 2.45) is 0 Å². The van der Waals surface area contributed by atoms with E-state index in [-0.39, 0.29) is 38.2 Å². The van der Waals surface area contributed by atoms with Gasteiger partial charge < -0.3 is 42.8 Å². The minimum absolute atomic E-state index is 0.0268. The third kappa shape index (κ3) is 8.14. The Kier molecular flexibility index (Phi) is 10.3. The lowest BCUT2D eigenvalue weighted by atomic mass is 10.2. The molecule has 2 aromatic carbocycles. The summed E-state index contributed by atoms with van der Waals surface area (Å²) in [7, 11) is -8.28. The number of hydrogen-bond acceptors (Lipinski definition) is 16. The van der Waals surface area contributed by atoms with Gasteiger partial charge in [0, 0.05) is 23.7 Å². The molecule has 0 bridgehead atoms. The standard InChI is InChI=1S/C21H28N6O9S3/c1-4-13-7-8-14(11-17(13)38(29,30)31)22-19-24-20(26-21(25-19)27(5-2)6-3)23-16-10-9-15(37-36-35-28)12-18(16)39(32,33)34/h4,7-12,28-34H,1,5-6H2,2-3H3,(H2,22,23,24,25,26). The first kappa shape index (κ1) is 30.8. The Bertz CT molecular complexity index is 1300. The monoisotopic (exact) mass is 604 g/mol. The van der Waals surface area contributed by atoms with Gasteiger partial charge in [-0.1, -0.05) is 23.8 Å². The minimum Gasteiger partial charge on any atom is -0.341 e. The van der Waals surface area contributed by atoms with Gasteiger partial charge in [0.2, 0.25) is 17.8 Å². The van der Waals surface area contributed by atoms with E-state index >= 15 is 0 Å². The molecule has 1 aromatic heterocycles. The molecule has 0 radical (unpaired) electrons. The molecule has 0 saturated carbocycles. The van der Waals surface area contributed by atoms with E-state index in [4.69, 9.17) is 5.26 Å². The van der Waals surface area contributed by atoms with E-state index in [0.29, 0.717) is 36.4 Å². The molecule has 214 valence electrons. The largest absolute Gasteiger partial charge is 0.341 e. The fourth-order valence-electron chi connectivity index (χ4n) is 3.33. The highest BCUT2D eigenvalue weighted by Gasteiger charge is 2.23. The fourth-order valence-corrected chi connectivity index (χ4v) is 5.26. The van der Waals surface area contributed by atoms with Crippen LogP contribution in [0.15, 0.2) is 57.7 Å². The van der Waals surface area contributed by atoms with E-state index in [2.05, 4.69) is 41.5 Å². The van der Waals surface area contributed by atoms with Crippen LogP contribution in [-0.2, 0) is 9.37 Å². The summed E-state index contributed by atoms with van der Waals surface area (Å²) in [6.45, 7) is 8.48. The average Bonchev–Trinajstić information content (AvgIpc) is 2.87. The lowest BCUT2D eigenvalue weighted by Gasteiger charge is -2.24. The van der Waals surface area contributed by atoms with Gasteiger partial charge in [-0.2, -0.15) is 15.0 Å². The van der Waals surface area contributed by atoms with Crippen LogP contribution in [0.25, 0.3) is 6.08 Å². The molecule has 0 amide bonds. The molecule has 9 N–H and O–H groups in total. The van der Waals surface area contributed by atoms with E-state index in [1.165, 1.54) is 36.4 Å². The van der Waals surface area contributed by atoms with E-state index in [1.807, 2.05) is 18.7 Å². The van der Waals surface area contributed by atoms with Crippen molar-refractivity contribution < 1.29 is 41.9 Å². The third-order valence-corrected chi connectivity index (χ3v) is 7.56. The molecule has 0 atom stereocenters. The summed E-state index contributed by atoms with van der Waals surface area (Å²) >= 11 is 0.551. The van der Waals surface area contributed by atoms with Crippen LogP contribution in [-0.4, -0.2) is 60.6 Å². The number of nitrogens with one attached hydrogen (secondary N) is 2. The van der Waals surface area contributed by atoms with Gasteiger partial charge in [-0.05, 0) is 49.7 Å². The topological polar surface area (TPSA) is 226 Å². The van der Waals surface area contributed by atoms with Crippen LogP contribution in [0.4, 0.5) is 29.2 Å². The Morgan fingerprint density at radius 1 is 0.897 bits per heavy atom. The highest BCUT2D eigenvalue weighted by Crippen LogP contribution is 2.49. The summed E-state index contributed by atoms with van der Waals surface area (Å²) in [5, 5.41) is 17.7. The van der Waals surface area contributed by atoms with Crippen LogP contribution in [0, 0.1) is 0 Å². The van der Waals surface area contributed by atoms with Crippen LogP contribution < -0.4 is 15.5 Å². The molecule has 3 rings (SSSR count). The molecule has 1 heterocycles. The van der Waals surface area contributed by atoms with Gasteiger partial charge in [0.25, 0.3) is 0 Å². The van der Waals surface area contributed by atoms with Crippen molar-refractivity contribution >= 4 is 69.1 Å². The lowest BCUT2D eigenvalue weighted by Crippen LogP contribution is -2.25. The second-order valence-electron chi connectivity index (χ2n) is 7.58. The number of benzene rings is 2. The van der Waals surface area contributed by atoms with Crippen molar-refractivity contribution in [3.8, 4) is 0 Å². The Hall–Kier alpha value is -2.72. The quantitative estimate of drug-likeness (QED) is 0.0580. The lowest BCUT2D eigenvalue weighted by molar-refractivity contribution is -0.432. The molecule has 39 heavy (non-hydrogen) atoms. The van der Waals surface area contributed by atoms with Gasteiger partial charge in [-0.15, -0.1) is 4.33 Å². The molecule has 0 aliphatic heterocycles. The first-order chi connectivity index (χ1) is 18.4. The summed E-state index contributed by atoms with van der Waals surface area (Å²) < 4.78 is 63.7. The third-order valence-electron chi connectivity index (χ3n) is 5.11. The second-order valence-corrected chi connectivity index (χ2v) is 11.3. The van der Waals surface area contributed by atoms with Crippen LogP contribution >= 0.6 is 33.8 Å². The Morgan fingerprint density at radius 2 is 1.54 bits per heavy atom. The number of anilines is 5. The predicted octanol–water partition coefficient (Wildman–Crippen LogP) is 6.44. The minimum atomic E-state index is -4.23. The molecular formula is C21H28N6O9S3. The van der Waals surface area contributed by atoms with Gasteiger partial charge in [-0.25, -0.2) is 5.26 Å². The van der Waals surface area contributed by atoms with Crippen LogP contribution in [0.5, 0.6) is 0 Å². The fraction of sp³-hybridized carbons (Fsp3) is 0.190. The molecular weight excluding hydrogens is 576 g/mol. The number of nitrogens with zero attached hydrogens (tertiary/aromatic N) is 4. The molecule has 3 aromatic rings. The Morgan fingerprint density at radius 3 is 2.10 bits per heavy atom. The van der Waals surface area contributed by atoms with Crippen molar-refractivity contribution in [3.63, 3.8) is 0 Å².